The number of nitriles is 1. The number of hydrogen-bond donors (Lipinski definition) is 0. The maximum absolute atomic E-state index is 9.00. The van der Waals surface area contributed by atoms with E-state index in [1.54, 1.807) is 6.20 Å². The van der Waals surface area contributed by atoms with Crippen molar-refractivity contribution in [3.63, 3.8) is 0 Å². The Hall–Kier alpha value is -2.86. The third kappa shape index (κ3) is 3.60. The van der Waals surface area contributed by atoms with Crippen LogP contribution in [0.2, 0.25) is 12.6 Å². The summed E-state index contributed by atoms with van der Waals surface area (Å²) in [4.78, 5) is 18.3. The maximum atomic E-state index is 9.00. The first kappa shape index (κ1) is 18.2. The van der Waals surface area contributed by atoms with E-state index in [0.717, 1.165) is 55.8 Å². The first-order valence-corrected chi connectivity index (χ1v) is 10.3. The molecule has 0 unspecified atom stereocenters. The second-order valence-electron chi connectivity index (χ2n) is 7.82. The minimum atomic E-state index is 0.185. The molecule has 148 valence electrons. The van der Waals surface area contributed by atoms with E-state index in [2.05, 4.69) is 26.8 Å². The molecule has 0 amide bonds. The van der Waals surface area contributed by atoms with Crippen LogP contribution in [0.3, 0.4) is 0 Å². The Morgan fingerprint density at radius 3 is 2.86 bits per heavy atom. The quantitative estimate of drug-likeness (QED) is 0.717. The van der Waals surface area contributed by atoms with Gasteiger partial charge in [0, 0.05) is 31.8 Å². The zero-order chi connectivity index (χ0) is 19.6. The molecule has 2 saturated heterocycles. The summed E-state index contributed by atoms with van der Waals surface area (Å²) >= 11 is 0. The van der Waals surface area contributed by atoms with Gasteiger partial charge in [0.25, 0.3) is 6.71 Å². The molecule has 0 aromatic carbocycles. The predicted octanol–water partition coefficient (Wildman–Crippen LogP) is 1.97. The zero-order valence-electron chi connectivity index (χ0n) is 16.3. The Balaban J connectivity index is 1.44. The summed E-state index contributed by atoms with van der Waals surface area (Å²) in [5.74, 6) is 5.06. The van der Waals surface area contributed by atoms with Gasteiger partial charge in [-0.2, -0.15) is 9.97 Å². The topological polar surface area (TPSA) is 87.4 Å². The summed E-state index contributed by atoms with van der Waals surface area (Å²) in [6, 6.07) is 3.99. The number of pyridine rings is 1. The van der Waals surface area contributed by atoms with Crippen LogP contribution in [0.15, 0.2) is 24.5 Å². The number of ether oxygens (including phenoxy) is 2. The number of hydrogen-bond acceptors (Lipinski definition) is 8. The van der Waals surface area contributed by atoms with E-state index >= 15 is 0 Å². The highest BCUT2D eigenvalue weighted by Gasteiger charge is 2.35. The van der Waals surface area contributed by atoms with Crippen LogP contribution in [0.1, 0.15) is 5.56 Å². The minimum absolute atomic E-state index is 0.185. The molecule has 9 heteroatoms. The van der Waals surface area contributed by atoms with Crippen LogP contribution in [0.25, 0.3) is 0 Å². The van der Waals surface area contributed by atoms with Crippen molar-refractivity contribution in [1.29, 1.82) is 5.26 Å². The maximum Gasteiger partial charge on any atom is 0.268 e. The molecule has 0 atom stereocenters. The molecule has 0 bridgehead atoms. The van der Waals surface area contributed by atoms with Crippen LogP contribution < -0.4 is 14.5 Å². The molecular formula is C20H23BN6O2. The van der Waals surface area contributed by atoms with Crippen LogP contribution in [-0.4, -0.2) is 61.1 Å². The lowest BCUT2D eigenvalue weighted by molar-refractivity contribution is 0.122. The fourth-order valence-electron chi connectivity index (χ4n) is 4.18. The van der Waals surface area contributed by atoms with E-state index in [9.17, 15) is 0 Å². The molecule has 0 spiro atoms. The van der Waals surface area contributed by atoms with Gasteiger partial charge in [0.05, 0.1) is 37.3 Å². The minimum Gasteiger partial charge on any atom is -0.477 e. The summed E-state index contributed by atoms with van der Waals surface area (Å²) in [5, 5.41) is 9.00. The second kappa shape index (κ2) is 7.87. The smallest absolute Gasteiger partial charge is 0.268 e. The van der Waals surface area contributed by atoms with Gasteiger partial charge >= 0.3 is 0 Å². The average Bonchev–Trinajstić information content (AvgIpc) is 3.18. The average molecular weight is 390 g/mol. The Morgan fingerprint density at radius 1 is 1.24 bits per heavy atom. The molecule has 5 rings (SSSR count). The van der Waals surface area contributed by atoms with Gasteiger partial charge in [0.15, 0.2) is 0 Å². The van der Waals surface area contributed by atoms with E-state index in [1.165, 1.54) is 0 Å². The van der Waals surface area contributed by atoms with Crippen molar-refractivity contribution < 1.29 is 9.47 Å². The molecule has 3 aliphatic rings. The molecule has 8 nitrogen and oxygen atoms in total. The number of fused-ring (bicyclic) bond motifs is 1. The van der Waals surface area contributed by atoms with E-state index < -0.39 is 0 Å². The Bertz CT molecular complexity index is 909. The lowest BCUT2D eigenvalue weighted by Crippen LogP contribution is -2.37. The van der Waals surface area contributed by atoms with Gasteiger partial charge in [0.2, 0.25) is 11.8 Å². The first-order valence-electron chi connectivity index (χ1n) is 10.3. The van der Waals surface area contributed by atoms with Gasteiger partial charge in [0.1, 0.15) is 5.82 Å². The summed E-state index contributed by atoms with van der Waals surface area (Å²) in [6.07, 6.45) is 6.32. The molecule has 0 aliphatic carbocycles. The standard InChI is InChI=1S/C20H23BN6O2/c22-14-21-10-15(11-21)13-29-19-17-3-5-27(16-2-1-4-23-12-16)18(17)24-20(25-19)26-6-8-28-9-7-26/h1-2,4,12,15H,3,5-11,13H2. The molecule has 0 radical (unpaired) electrons. The van der Waals surface area contributed by atoms with Crippen molar-refractivity contribution in [3.05, 3.63) is 30.1 Å². The van der Waals surface area contributed by atoms with Gasteiger partial charge in [-0.1, -0.05) is 12.6 Å². The van der Waals surface area contributed by atoms with Crippen molar-refractivity contribution in [1.82, 2.24) is 15.0 Å². The van der Waals surface area contributed by atoms with Crippen LogP contribution in [-0.2, 0) is 11.2 Å². The molecule has 2 fully saturated rings. The molecule has 0 saturated carbocycles. The molecule has 29 heavy (non-hydrogen) atoms. The third-order valence-corrected chi connectivity index (χ3v) is 5.90. The highest BCUT2D eigenvalue weighted by Crippen LogP contribution is 2.39. The highest BCUT2D eigenvalue weighted by atomic mass is 16.5. The summed E-state index contributed by atoms with van der Waals surface area (Å²) in [7, 11) is 0. The number of aromatic nitrogens is 3. The largest absolute Gasteiger partial charge is 0.477 e. The normalized spacial score (nSPS) is 18.9. The lowest BCUT2D eigenvalue weighted by atomic mass is 9.33. The van der Waals surface area contributed by atoms with E-state index in [0.29, 0.717) is 37.6 Å². The summed E-state index contributed by atoms with van der Waals surface area (Å²) in [6.45, 7) is 4.54. The number of nitrogens with zero attached hydrogens (tertiary/aromatic N) is 6. The van der Waals surface area contributed by atoms with Gasteiger partial charge in [-0.15, -0.1) is 0 Å². The van der Waals surface area contributed by atoms with E-state index in [-0.39, 0.29) is 6.71 Å². The SMILES string of the molecule is N#CB1CC(COc2nc(N3CCOCC3)nc3c2CCN3c2cccnc2)C1. The fraction of sp³-hybridized carbons (Fsp3) is 0.500. The summed E-state index contributed by atoms with van der Waals surface area (Å²) < 4.78 is 11.7. The molecule has 3 aliphatic heterocycles. The first-order chi connectivity index (χ1) is 14.3. The van der Waals surface area contributed by atoms with Crippen LogP contribution in [0.4, 0.5) is 17.5 Å². The van der Waals surface area contributed by atoms with Gasteiger partial charge in [-0.05, 0) is 24.5 Å². The van der Waals surface area contributed by atoms with Crippen molar-refractivity contribution in [3.8, 4) is 11.8 Å². The van der Waals surface area contributed by atoms with Gasteiger partial charge in [-0.3, -0.25) is 4.98 Å². The predicted molar refractivity (Wildman–Crippen MR) is 110 cm³/mol. The van der Waals surface area contributed by atoms with E-state index in [1.807, 2.05) is 12.3 Å². The monoisotopic (exact) mass is 390 g/mol. The molecule has 0 N–H and O–H groups in total. The van der Waals surface area contributed by atoms with Crippen molar-refractivity contribution in [2.75, 3.05) is 49.3 Å². The second-order valence-corrected chi connectivity index (χ2v) is 7.82. The number of anilines is 3. The van der Waals surface area contributed by atoms with Gasteiger partial charge in [-0.25, -0.2) is 5.26 Å². The fourth-order valence-corrected chi connectivity index (χ4v) is 4.18. The van der Waals surface area contributed by atoms with E-state index in [4.69, 9.17) is 24.7 Å². The van der Waals surface area contributed by atoms with Crippen LogP contribution in [0, 0.1) is 17.1 Å². The third-order valence-electron chi connectivity index (χ3n) is 5.90. The Kier molecular flexibility index (Phi) is 4.94. The molecule has 2 aromatic heterocycles. The zero-order valence-corrected chi connectivity index (χ0v) is 16.3. The van der Waals surface area contributed by atoms with Crippen molar-refractivity contribution in [2.24, 2.45) is 5.92 Å². The Labute approximate surface area is 170 Å². The highest BCUT2D eigenvalue weighted by molar-refractivity contribution is 6.69. The molecule has 5 heterocycles. The van der Waals surface area contributed by atoms with Gasteiger partial charge < -0.3 is 19.3 Å². The van der Waals surface area contributed by atoms with Crippen LogP contribution in [0.5, 0.6) is 5.88 Å². The lowest BCUT2D eigenvalue weighted by Gasteiger charge is -2.30. The number of rotatable bonds is 5. The van der Waals surface area contributed by atoms with Crippen LogP contribution >= 0.6 is 0 Å². The van der Waals surface area contributed by atoms with Crippen molar-refractivity contribution >= 4 is 24.2 Å². The molecule has 2 aromatic rings. The molecular weight excluding hydrogens is 367 g/mol. The van der Waals surface area contributed by atoms with Crippen molar-refractivity contribution in [2.45, 2.75) is 19.1 Å². The summed E-state index contributed by atoms with van der Waals surface area (Å²) in [5.41, 5.74) is 2.08. The Morgan fingerprint density at radius 2 is 2.10 bits per heavy atom. The number of morpholine rings is 1.